The van der Waals surface area contributed by atoms with Crippen molar-refractivity contribution in [2.24, 2.45) is 11.8 Å². The van der Waals surface area contributed by atoms with E-state index in [1.54, 1.807) is 11.9 Å². The third-order valence-electron chi connectivity index (χ3n) is 7.36. The number of nitrogens with zero attached hydrogens (tertiary/aromatic N) is 3. The fraction of sp³-hybridized carbons (Fsp3) is 0.667. The number of hydrogen-bond donors (Lipinski definition) is 2. The molecule has 0 bridgehead atoms. The van der Waals surface area contributed by atoms with Crippen LogP contribution in [0.25, 0.3) is 0 Å². The van der Waals surface area contributed by atoms with E-state index in [1.807, 2.05) is 0 Å². The van der Waals surface area contributed by atoms with Crippen molar-refractivity contribution in [2.45, 2.75) is 38.0 Å². The van der Waals surface area contributed by atoms with Crippen molar-refractivity contribution in [1.29, 1.82) is 0 Å². The topological polar surface area (TPSA) is 85.3 Å². The molecule has 0 spiro atoms. The van der Waals surface area contributed by atoms with Crippen molar-refractivity contribution in [3.63, 3.8) is 0 Å². The number of carboxylic acid groups (broad SMARTS) is 1. The molecule has 3 aliphatic rings. The van der Waals surface area contributed by atoms with Crippen molar-refractivity contribution in [1.82, 2.24) is 20.0 Å². The number of carbonyl (C=O) groups is 2. The third-order valence-corrected chi connectivity index (χ3v) is 7.36. The minimum atomic E-state index is -0.751. The molecule has 1 aromatic rings. The lowest BCUT2D eigenvalue weighted by Crippen LogP contribution is -2.60. The number of piperidine rings is 1. The van der Waals surface area contributed by atoms with E-state index in [-0.39, 0.29) is 24.8 Å². The molecule has 176 valence electrons. The molecule has 0 aliphatic carbocycles. The highest BCUT2D eigenvalue weighted by atomic mass is 16.6. The van der Waals surface area contributed by atoms with Gasteiger partial charge in [-0.1, -0.05) is 30.3 Å². The summed E-state index contributed by atoms with van der Waals surface area (Å²) in [5, 5.41) is 12.8. The maximum absolute atomic E-state index is 12.0. The first-order valence-corrected chi connectivity index (χ1v) is 11.9. The number of piperazine rings is 1. The van der Waals surface area contributed by atoms with E-state index in [0.29, 0.717) is 24.9 Å². The van der Waals surface area contributed by atoms with E-state index in [9.17, 15) is 14.7 Å². The van der Waals surface area contributed by atoms with Gasteiger partial charge in [-0.3, -0.25) is 14.6 Å². The summed E-state index contributed by atoms with van der Waals surface area (Å²) in [6.07, 6.45) is 2.94. The van der Waals surface area contributed by atoms with Crippen LogP contribution in [0.3, 0.4) is 0 Å². The summed E-state index contributed by atoms with van der Waals surface area (Å²) < 4.78 is 5.63. The average molecular weight is 445 g/mol. The molecule has 2 N–H and O–H groups in total. The number of rotatable bonds is 8. The Bertz CT molecular complexity index is 771. The molecule has 3 saturated heterocycles. The number of nitrogens with one attached hydrogen (secondary N) is 1. The number of aliphatic carboxylic acids is 1. The number of benzene rings is 1. The van der Waals surface area contributed by atoms with Crippen molar-refractivity contribution in [3.05, 3.63) is 35.9 Å². The van der Waals surface area contributed by atoms with E-state index in [4.69, 9.17) is 4.74 Å². The molecule has 3 atom stereocenters. The van der Waals surface area contributed by atoms with Gasteiger partial charge < -0.3 is 20.1 Å². The zero-order valence-corrected chi connectivity index (χ0v) is 19.0. The van der Waals surface area contributed by atoms with Gasteiger partial charge in [-0.25, -0.2) is 4.79 Å². The molecule has 8 heteroatoms. The number of ether oxygens (including phenoxy) is 1. The van der Waals surface area contributed by atoms with Crippen LogP contribution in [0.5, 0.6) is 0 Å². The van der Waals surface area contributed by atoms with Crippen molar-refractivity contribution < 1.29 is 19.4 Å². The lowest BCUT2D eigenvalue weighted by molar-refractivity contribution is -0.138. The number of carbonyl (C=O) groups excluding carboxylic acids is 1. The Morgan fingerprint density at radius 2 is 1.94 bits per heavy atom. The molecule has 32 heavy (non-hydrogen) atoms. The van der Waals surface area contributed by atoms with Crippen LogP contribution >= 0.6 is 0 Å². The van der Waals surface area contributed by atoms with Gasteiger partial charge in [0, 0.05) is 39.3 Å². The van der Waals surface area contributed by atoms with Crippen LogP contribution in [0, 0.1) is 11.8 Å². The summed E-state index contributed by atoms with van der Waals surface area (Å²) in [5.74, 6) is 0.257. The second-order valence-corrected chi connectivity index (χ2v) is 9.40. The van der Waals surface area contributed by atoms with E-state index in [1.165, 1.54) is 5.56 Å². The summed E-state index contributed by atoms with van der Waals surface area (Å²) in [6.45, 7) is 5.59. The highest BCUT2D eigenvalue weighted by molar-refractivity contribution is 5.69. The molecular weight excluding hydrogens is 408 g/mol. The van der Waals surface area contributed by atoms with E-state index in [2.05, 4.69) is 45.4 Å². The van der Waals surface area contributed by atoms with Gasteiger partial charge in [-0.05, 0) is 49.8 Å². The van der Waals surface area contributed by atoms with Crippen molar-refractivity contribution >= 4 is 12.1 Å². The predicted molar refractivity (Wildman–Crippen MR) is 121 cm³/mol. The number of likely N-dealkylation sites (N-methyl/N-ethyl adjacent to an activating group) is 1. The lowest BCUT2D eigenvalue weighted by Gasteiger charge is -2.48. The van der Waals surface area contributed by atoms with Gasteiger partial charge in [0.15, 0.2) is 6.23 Å². The zero-order chi connectivity index (χ0) is 22.5. The molecule has 3 fully saturated rings. The van der Waals surface area contributed by atoms with Gasteiger partial charge in [-0.2, -0.15) is 0 Å². The standard InChI is InChI=1S/C24H36N4O4/c1-26-17-22(32-24(26)31)28-14-13-27(12-9-23(29)30)21(16-28)20(19-7-10-25-11-8-19)15-18-5-3-2-4-6-18/h2-6,19-22,25H,7-17H2,1H3,(H,29,30). The van der Waals surface area contributed by atoms with Gasteiger partial charge in [0.1, 0.15) is 0 Å². The average Bonchev–Trinajstić information content (AvgIpc) is 3.15. The molecule has 1 amide bonds. The van der Waals surface area contributed by atoms with E-state index in [0.717, 1.165) is 52.0 Å². The second kappa shape index (κ2) is 10.6. The first kappa shape index (κ1) is 23.0. The Kier molecular flexibility index (Phi) is 7.65. The Hall–Kier alpha value is -2.16. The van der Waals surface area contributed by atoms with Gasteiger partial charge in [0.05, 0.1) is 13.0 Å². The lowest BCUT2D eigenvalue weighted by atomic mass is 9.75. The van der Waals surface area contributed by atoms with Gasteiger partial charge in [0.2, 0.25) is 0 Å². The van der Waals surface area contributed by atoms with Gasteiger partial charge >= 0.3 is 12.1 Å². The molecule has 0 aromatic heterocycles. The first-order chi connectivity index (χ1) is 15.5. The minimum absolute atomic E-state index is 0.155. The van der Waals surface area contributed by atoms with E-state index < -0.39 is 5.97 Å². The minimum Gasteiger partial charge on any atom is -0.481 e. The molecule has 1 aromatic carbocycles. The smallest absolute Gasteiger partial charge is 0.411 e. The van der Waals surface area contributed by atoms with Crippen LogP contribution in [0.4, 0.5) is 4.79 Å². The Morgan fingerprint density at radius 3 is 2.59 bits per heavy atom. The van der Waals surface area contributed by atoms with Crippen LogP contribution in [0.15, 0.2) is 30.3 Å². The predicted octanol–water partition coefficient (Wildman–Crippen LogP) is 1.71. The number of hydrogen-bond acceptors (Lipinski definition) is 6. The first-order valence-electron chi connectivity index (χ1n) is 11.9. The molecule has 4 rings (SSSR count). The molecule has 3 aliphatic heterocycles. The maximum Gasteiger partial charge on any atom is 0.411 e. The summed E-state index contributed by atoms with van der Waals surface area (Å²) in [6, 6.07) is 10.9. The summed E-state index contributed by atoms with van der Waals surface area (Å²) >= 11 is 0. The highest BCUT2D eigenvalue weighted by Crippen LogP contribution is 2.33. The molecular formula is C24H36N4O4. The third kappa shape index (κ3) is 5.60. The van der Waals surface area contributed by atoms with Crippen LogP contribution in [-0.4, -0.2) is 97.0 Å². The zero-order valence-electron chi connectivity index (χ0n) is 19.0. The Labute approximate surface area is 190 Å². The monoisotopic (exact) mass is 444 g/mol. The number of amides is 1. The van der Waals surface area contributed by atoms with Crippen molar-refractivity contribution in [2.75, 3.05) is 52.9 Å². The molecule has 3 unspecified atom stereocenters. The fourth-order valence-corrected chi connectivity index (χ4v) is 5.57. The molecule has 8 nitrogen and oxygen atoms in total. The Morgan fingerprint density at radius 1 is 1.19 bits per heavy atom. The quantitative estimate of drug-likeness (QED) is 0.631. The van der Waals surface area contributed by atoms with Crippen LogP contribution in [-0.2, 0) is 16.0 Å². The largest absolute Gasteiger partial charge is 0.481 e. The summed E-state index contributed by atoms with van der Waals surface area (Å²) in [5.41, 5.74) is 1.33. The van der Waals surface area contributed by atoms with Crippen LogP contribution < -0.4 is 5.32 Å². The summed E-state index contributed by atoms with van der Waals surface area (Å²) in [7, 11) is 1.77. The second-order valence-electron chi connectivity index (χ2n) is 9.40. The van der Waals surface area contributed by atoms with Gasteiger partial charge in [0.25, 0.3) is 0 Å². The number of carboxylic acids is 1. The van der Waals surface area contributed by atoms with Crippen molar-refractivity contribution in [3.8, 4) is 0 Å². The SMILES string of the molecule is CN1CC(N2CCN(CCC(=O)O)C(C(Cc3ccccc3)C3CCNCC3)C2)OC1=O. The Balaban J connectivity index is 1.57. The van der Waals surface area contributed by atoms with Crippen LogP contribution in [0.1, 0.15) is 24.8 Å². The van der Waals surface area contributed by atoms with E-state index >= 15 is 0 Å². The maximum atomic E-state index is 12.0. The highest BCUT2D eigenvalue weighted by Gasteiger charge is 2.42. The van der Waals surface area contributed by atoms with Crippen LogP contribution in [0.2, 0.25) is 0 Å². The van der Waals surface area contributed by atoms with Gasteiger partial charge in [-0.15, -0.1) is 0 Å². The normalized spacial score (nSPS) is 26.8. The molecule has 0 radical (unpaired) electrons. The number of cyclic esters (lactones) is 1. The fourth-order valence-electron chi connectivity index (χ4n) is 5.57. The summed E-state index contributed by atoms with van der Waals surface area (Å²) in [4.78, 5) is 29.6. The molecule has 0 saturated carbocycles. The molecule has 3 heterocycles.